The van der Waals surface area contributed by atoms with Crippen molar-refractivity contribution in [2.45, 2.75) is 19.2 Å². The Labute approximate surface area is 240 Å². The van der Waals surface area contributed by atoms with Gasteiger partial charge in [0, 0.05) is 18.7 Å². The van der Waals surface area contributed by atoms with Crippen LogP contribution in [0.4, 0.5) is 35.0 Å². The lowest BCUT2D eigenvalue weighted by Gasteiger charge is -2.17. The van der Waals surface area contributed by atoms with Gasteiger partial charge in [0.1, 0.15) is 5.56 Å². The van der Waals surface area contributed by atoms with Crippen molar-refractivity contribution in [2.24, 2.45) is 0 Å². The van der Waals surface area contributed by atoms with E-state index in [-0.39, 0.29) is 22.2 Å². The number of hydrogen-bond acceptors (Lipinski definition) is 7. The van der Waals surface area contributed by atoms with Gasteiger partial charge in [0.25, 0.3) is 5.91 Å². The molecule has 0 radical (unpaired) electrons. The summed E-state index contributed by atoms with van der Waals surface area (Å²) in [7, 11) is 1.46. The number of alkyl halides is 3. The van der Waals surface area contributed by atoms with Crippen LogP contribution in [0.1, 0.15) is 34.6 Å². The van der Waals surface area contributed by atoms with E-state index in [1.165, 1.54) is 36.3 Å². The highest BCUT2D eigenvalue weighted by Crippen LogP contribution is 2.35. The highest BCUT2D eigenvalue weighted by Gasteiger charge is 2.36. The maximum Gasteiger partial charge on any atom is 0.420 e. The van der Waals surface area contributed by atoms with Crippen molar-refractivity contribution in [3.8, 4) is 5.82 Å². The number of ether oxygens (including phenoxy) is 1. The van der Waals surface area contributed by atoms with Gasteiger partial charge in [-0.2, -0.15) is 23.4 Å². The van der Waals surface area contributed by atoms with Crippen LogP contribution in [0.25, 0.3) is 11.5 Å². The van der Waals surface area contributed by atoms with Crippen LogP contribution >= 0.6 is 11.6 Å². The van der Waals surface area contributed by atoms with E-state index >= 15 is 0 Å². The lowest BCUT2D eigenvalue weighted by atomic mass is 10.2. The molecule has 0 fully saturated rings. The normalized spacial score (nSPS) is 12.2. The van der Waals surface area contributed by atoms with E-state index in [2.05, 4.69) is 36.1 Å². The third-order valence-electron chi connectivity index (χ3n) is 6.00. The Morgan fingerprint density at radius 2 is 1.76 bits per heavy atom. The minimum atomic E-state index is -4.86. The van der Waals surface area contributed by atoms with Gasteiger partial charge in [-0.15, -0.1) is 0 Å². The van der Waals surface area contributed by atoms with Gasteiger partial charge in [-0.3, -0.25) is 4.79 Å². The molecule has 0 saturated heterocycles. The predicted octanol–water partition coefficient (Wildman–Crippen LogP) is 5.59. The molecule has 5 aromatic rings. The minimum absolute atomic E-state index is 0.158. The molecule has 0 unspecified atom stereocenters. The average Bonchev–Trinajstić information content (AvgIpc) is 3.58. The fourth-order valence-corrected chi connectivity index (χ4v) is 4.19. The number of aromatic nitrogens is 6. The molecule has 42 heavy (non-hydrogen) atoms. The van der Waals surface area contributed by atoms with Gasteiger partial charge < -0.3 is 20.7 Å². The van der Waals surface area contributed by atoms with Crippen LogP contribution in [-0.4, -0.2) is 48.4 Å². The summed E-state index contributed by atoms with van der Waals surface area (Å²) in [5, 5.41) is 15.7. The van der Waals surface area contributed by atoms with Gasteiger partial charge >= 0.3 is 12.2 Å². The molecule has 216 valence electrons. The molecule has 3 N–H and O–H groups in total. The van der Waals surface area contributed by atoms with Crippen molar-refractivity contribution < 1.29 is 27.5 Å². The molecule has 0 spiro atoms. The Morgan fingerprint density at radius 1 is 1.00 bits per heavy atom. The molecule has 12 nitrogen and oxygen atoms in total. The topological polar surface area (TPSA) is 140 Å². The first kappa shape index (κ1) is 28.5. The number of pyridine rings is 1. The number of halogens is 4. The number of methoxy groups -OCH3 is 1. The highest BCUT2D eigenvalue weighted by molar-refractivity contribution is 6.29. The number of benzene rings is 1. The van der Waals surface area contributed by atoms with Crippen LogP contribution in [0.3, 0.4) is 0 Å². The van der Waals surface area contributed by atoms with Crippen LogP contribution in [0.15, 0.2) is 67.3 Å². The molecule has 0 aliphatic heterocycles. The number of fused-ring (bicyclic) bond motifs is 1. The van der Waals surface area contributed by atoms with E-state index in [0.29, 0.717) is 16.9 Å². The van der Waals surface area contributed by atoms with Crippen molar-refractivity contribution >= 4 is 46.2 Å². The van der Waals surface area contributed by atoms with Gasteiger partial charge in [-0.25, -0.2) is 24.0 Å². The zero-order valence-corrected chi connectivity index (χ0v) is 22.6. The van der Waals surface area contributed by atoms with Gasteiger partial charge in [0.05, 0.1) is 53.6 Å². The fraction of sp³-hybridized carbons (Fsp3) is 0.154. The number of rotatable bonds is 7. The van der Waals surface area contributed by atoms with Crippen LogP contribution in [0.2, 0.25) is 5.15 Å². The first-order chi connectivity index (χ1) is 20.0. The summed E-state index contributed by atoms with van der Waals surface area (Å²) in [4.78, 5) is 33.3. The summed E-state index contributed by atoms with van der Waals surface area (Å²) in [6, 6.07) is 9.65. The average molecular weight is 600 g/mol. The Hall–Kier alpha value is -5.02. The zero-order chi connectivity index (χ0) is 30.0. The molecule has 1 atom stereocenters. The number of amides is 3. The third kappa shape index (κ3) is 6.01. The number of carbonyl (C=O) groups is 2. The maximum absolute atomic E-state index is 14.0. The zero-order valence-electron chi connectivity index (χ0n) is 21.8. The SMILES string of the molecule is CO[C@@H](C)c1c(NC(=O)Nc2cnc(-n3cc(NC(=O)c4ccccc4)cn3)c(C(F)(F)F)c2)cnc2cc(Cl)nn12. The molecule has 0 aliphatic carbocycles. The van der Waals surface area contributed by atoms with E-state index in [9.17, 15) is 22.8 Å². The maximum atomic E-state index is 14.0. The van der Waals surface area contributed by atoms with E-state index in [1.54, 1.807) is 37.3 Å². The quantitative estimate of drug-likeness (QED) is 0.222. The minimum Gasteiger partial charge on any atom is -0.375 e. The summed E-state index contributed by atoms with van der Waals surface area (Å²) >= 11 is 5.99. The first-order valence-corrected chi connectivity index (χ1v) is 12.5. The molecule has 3 amide bonds. The third-order valence-corrected chi connectivity index (χ3v) is 6.19. The van der Waals surface area contributed by atoms with Crippen LogP contribution in [0.5, 0.6) is 0 Å². The second-order valence-electron chi connectivity index (χ2n) is 8.84. The van der Waals surface area contributed by atoms with Crippen molar-refractivity contribution in [3.05, 3.63) is 89.2 Å². The Morgan fingerprint density at radius 3 is 2.48 bits per heavy atom. The van der Waals surface area contributed by atoms with Crippen LogP contribution < -0.4 is 16.0 Å². The van der Waals surface area contributed by atoms with Crippen LogP contribution in [0, 0.1) is 0 Å². The molecule has 4 aromatic heterocycles. The molecule has 4 heterocycles. The van der Waals surface area contributed by atoms with E-state index in [1.807, 2.05) is 0 Å². The molecule has 5 rings (SSSR count). The molecular weight excluding hydrogens is 579 g/mol. The van der Waals surface area contributed by atoms with Gasteiger partial charge in [0.2, 0.25) is 0 Å². The summed E-state index contributed by atoms with van der Waals surface area (Å²) < 4.78 is 49.8. The van der Waals surface area contributed by atoms with Gasteiger partial charge in [-0.1, -0.05) is 29.8 Å². The second kappa shape index (κ2) is 11.5. The summed E-state index contributed by atoms with van der Waals surface area (Å²) in [5.41, 5.74) is 0.102. The number of anilines is 3. The van der Waals surface area contributed by atoms with Crippen molar-refractivity contribution in [3.63, 3.8) is 0 Å². The second-order valence-corrected chi connectivity index (χ2v) is 9.23. The van der Waals surface area contributed by atoms with Crippen molar-refractivity contribution in [1.82, 2.24) is 29.4 Å². The Kier molecular flexibility index (Phi) is 7.78. The standard InChI is InChI=1S/C26H21ClF3N9O3/c1-14(42-2)22-19(12-31-21-9-20(27)37-39(21)22)36-25(41)35-16-8-18(26(28,29)30)23(32-10-16)38-13-17(11-33-38)34-24(40)15-6-4-3-5-7-15/h3-14H,1-2H3,(H,34,40)(H2,35,36,41)/t14-/m0/s1. The molecule has 1 aromatic carbocycles. The smallest absolute Gasteiger partial charge is 0.375 e. The largest absolute Gasteiger partial charge is 0.420 e. The number of nitrogens with zero attached hydrogens (tertiary/aromatic N) is 6. The van der Waals surface area contributed by atoms with Crippen molar-refractivity contribution in [1.29, 1.82) is 0 Å². The Balaban J connectivity index is 1.37. The monoisotopic (exact) mass is 599 g/mol. The number of hydrogen-bond donors (Lipinski definition) is 3. The Bertz CT molecular complexity index is 1770. The summed E-state index contributed by atoms with van der Waals surface area (Å²) in [6.45, 7) is 1.71. The predicted molar refractivity (Wildman–Crippen MR) is 147 cm³/mol. The van der Waals surface area contributed by atoms with Crippen LogP contribution in [-0.2, 0) is 10.9 Å². The summed E-state index contributed by atoms with van der Waals surface area (Å²) in [6.07, 6.45) is -0.630. The molecule has 0 bridgehead atoms. The number of carbonyl (C=O) groups excluding carboxylic acids is 2. The van der Waals surface area contributed by atoms with E-state index < -0.39 is 35.6 Å². The fourth-order valence-electron chi connectivity index (χ4n) is 4.02. The van der Waals surface area contributed by atoms with E-state index in [4.69, 9.17) is 16.3 Å². The molecule has 0 aliphatic rings. The van der Waals surface area contributed by atoms with Gasteiger partial charge in [0.15, 0.2) is 16.6 Å². The molecular formula is C26H21ClF3N9O3. The lowest BCUT2D eigenvalue weighted by Crippen LogP contribution is -2.23. The number of urea groups is 1. The molecule has 16 heteroatoms. The summed E-state index contributed by atoms with van der Waals surface area (Å²) in [5.74, 6) is -1.02. The van der Waals surface area contributed by atoms with E-state index in [0.717, 1.165) is 16.9 Å². The molecule has 0 saturated carbocycles. The first-order valence-electron chi connectivity index (χ1n) is 12.2. The lowest BCUT2D eigenvalue weighted by molar-refractivity contribution is -0.137. The highest BCUT2D eigenvalue weighted by atomic mass is 35.5. The van der Waals surface area contributed by atoms with Crippen molar-refractivity contribution in [2.75, 3.05) is 23.1 Å². The van der Waals surface area contributed by atoms with Gasteiger partial charge in [-0.05, 0) is 25.1 Å². The number of nitrogens with one attached hydrogen (secondary N) is 3.